The van der Waals surface area contributed by atoms with Crippen molar-refractivity contribution in [3.63, 3.8) is 0 Å². The Kier molecular flexibility index (Phi) is 9.57. The second-order valence-corrected chi connectivity index (χ2v) is 14.5. The number of carbonyl (C=O) groups is 1. The highest BCUT2D eigenvalue weighted by molar-refractivity contribution is 8.00. The molecule has 0 spiro atoms. The Hall–Kier alpha value is -3.24. The Balaban J connectivity index is 1.31. The summed E-state index contributed by atoms with van der Waals surface area (Å²) in [4.78, 5) is 21.7. The van der Waals surface area contributed by atoms with Crippen molar-refractivity contribution >= 4 is 62.1 Å². The Morgan fingerprint density at radius 1 is 1.15 bits per heavy atom. The van der Waals surface area contributed by atoms with Gasteiger partial charge in [-0.25, -0.2) is 13.4 Å². The number of esters is 1. The molecule has 0 unspecified atom stereocenters. The molecule has 2 aliphatic rings. The van der Waals surface area contributed by atoms with Crippen LogP contribution in [-0.4, -0.2) is 64.7 Å². The number of alkyl halides is 2. The van der Waals surface area contributed by atoms with Crippen LogP contribution in [0.2, 0.25) is 10.0 Å². The molecule has 17 heteroatoms. The number of hydrogen-bond acceptors (Lipinski definition) is 11. The van der Waals surface area contributed by atoms with Crippen LogP contribution in [0, 0.1) is 12.8 Å². The molecule has 1 saturated carbocycles. The lowest BCUT2D eigenvalue weighted by Gasteiger charge is -2.26. The number of hydrogen-bond donors (Lipinski definition) is 0. The van der Waals surface area contributed by atoms with Gasteiger partial charge in [0.05, 0.1) is 39.8 Å². The Morgan fingerprint density at radius 3 is 2.63 bits per heavy atom. The largest absolute Gasteiger partial charge is 0.489 e. The molecule has 0 bridgehead atoms. The number of thioether (sulfide) groups is 1. The third-order valence-corrected chi connectivity index (χ3v) is 11.2. The lowest BCUT2D eigenvalue weighted by atomic mass is 10.0. The van der Waals surface area contributed by atoms with E-state index in [4.69, 9.17) is 37.2 Å². The Bertz CT molecular complexity index is 1860. The van der Waals surface area contributed by atoms with Gasteiger partial charge >= 0.3 is 12.6 Å². The van der Waals surface area contributed by atoms with Crippen LogP contribution in [0.5, 0.6) is 11.5 Å². The first-order valence-electron chi connectivity index (χ1n) is 14.0. The van der Waals surface area contributed by atoms with Crippen molar-refractivity contribution in [1.82, 2.24) is 19.4 Å². The van der Waals surface area contributed by atoms with Crippen molar-refractivity contribution in [2.24, 2.45) is 5.92 Å². The number of halogens is 4. The molecule has 1 saturated heterocycles. The van der Waals surface area contributed by atoms with Crippen molar-refractivity contribution in [3.05, 3.63) is 69.7 Å². The highest BCUT2D eigenvalue weighted by Gasteiger charge is 2.42. The number of aromatic nitrogens is 3. The molecular weight excluding hydrogens is 689 g/mol. The van der Waals surface area contributed by atoms with Crippen LogP contribution in [0.1, 0.15) is 35.8 Å². The summed E-state index contributed by atoms with van der Waals surface area (Å²) in [7, 11) is -4.20. The molecule has 4 heterocycles. The molecule has 2 fully saturated rings. The fourth-order valence-electron chi connectivity index (χ4n) is 4.84. The number of benzene rings is 1. The summed E-state index contributed by atoms with van der Waals surface area (Å²) in [5, 5.41) is 4.67. The van der Waals surface area contributed by atoms with Gasteiger partial charge in [-0.3, -0.25) is 9.78 Å². The number of carbonyl (C=O) groups excluding carboxylic acids is 1. The van der Waals surface area contributed by atoms with Gasteiger partial charge in [-0.05, 0) is 55.0 Å². The predicted molar refractivity (Wildman–Crippen MR) is 165 cm³/mol. The summed E-state index contributed by atoms with van der Waals surface area (Å²) in [5.41, 5.74) is 1.43. The summed E-state index contributed by atoms with van der Waals surface area (Å²) in [6.45, 7) is -1.13. The van der Waals surface area contributed by atoms with Crippen molar-refractivity contribution in [2.75, 3.05) is 18.2 Å². The lowest BCUT2D eigenvalue weighted by molar-refractivity contribution is -0.152. The molecule has 1 aromatic carbocycles. The number of aryl methyl sites for hydroxylation is 1. The van der Waals surface area contributed by atoms with Gasteiger partial charge in [-0.15, -0.1) is 11.8 Å². The number of ether oxygens (including phenoxy) is 3. The minimum absolute atomic E-state index is 0.00570. The molecule has 4 aromatic rings. The molecule has 11 nitrogen and oxygen atoms in total. The minimum Gasteiger partial charge on any atom is -0.489 e. The van der Waals surface area contributed by atoms with E-state index >= 15 is 0 Å². The van der Waals surface area contributed by atoms with Crippen molar-refractivity contribution < 1.29 is 40.7 Å². The van der Waals surface area contributed by atoms with E-state index in [0.717, 1.165) is 23.3 Å². The van der Waals surface area contributed by atoms with Gasteiger partial charge in [0.15, 0.2) is 11.5 Å². The Morgan fingerprint density at radius 2 is 1.91 bits per heavy atom. The predicted octanol–water partition coefficient (Wildman–Crippen LogP) is 6.21. The van der Waals surface area contributed by atoms with Crippen LogP contribution in [-0.2, 0) is 26.0 Å². The molecule has 3 aromatic heterocycles. The van der Waals surface area contributed by atoms with Gasteiger partial charge < -0.3 is 18.7 Å². The first kappa shape index (κ1) is 32.7. The van der Waals surface area contributed by atoms with E-state index in [1.165, 1.54) is 48.4 Å². The number of rotatable bonds is 12. The van der Waals surface area contributed by atoms with Crippen LogP contribution in [0.25, 0.3) is 11.1 Å². The van der Waals surface area contributed by atoms with Gasteiger partial charge in [0.1, 0.15) is 17.0 Å². The average molecular weight is 716 g/mol. The van der Waals surface area contributed by atoms with Crippen LogP contribution in [0.4, 0.5) is 8.78 Å². The molecular formula is C29H26Cl2F2N4O7S2. The fourth-order valence-corrected chi connectivity index (χ4v) is 8.46. The van der Waals surface area contributed by atoms with Crippen molar-refractivity contribution in [1.29, 1.82) is 0 Å². The molecule has 244 valence electrons. The van der Waals surface area contributed by atoms with Crippen LogP contribution in [0.3, 0.4) is 0 Å². The number of pyridine rings is 2. The summed E-state index contributed by atoms with van der Waals surface area (Å²) in [6, 6.07) is 4.44. The van der Waals surface area contributed by atoms with Gasteiger partial charge in [0.2, 0.25) is 10.0 Å². The topological polar surface area (TPSA) is 134 Å². The molecule has 6 rings (SSSR count). The zero-order valence-corrected chi connectivity index (χ0v) is 27.2. The monoisotopic (exact) mass is 714 g/mol. The smallest absolute Gasteiger partial charge is 0.387 e. The maximum absolute atomic E-state index is 13.8. The van der Waals surface area contributed by atoms with E-state index in [2.05, 4.69) is 19.9 Å². The van der Waals surface area contributed by atoms with Crippen LogP contribution in [0.15, 0.2) is 52.3 Å². The van der Waals surface area contributed by atoms with E-state index in [1.54, 1.807) is 6.92 Å². The molecule has 0 N–H and O–H groups in total. The second kappa shape index (κ2) is 13.5. The van der Waals surface area contributed by atoms with Crippen molar-refractivity contribution in [3.8, 4) is 11.5 Å². The van der Waals surface area contributed by atoms with Crippen LogP contribution < -0.4 is 9.47 Å². The zero-order chi connectivity index (χ0) is 32.6. The molecule has 1 aliphatic heterocycles. The Labute approximate surface area is 276 Å². The quantitative estimate of drug-likeness (QED) is 0.155. The SMILES string of the molecule is Cc1noc2ncc(S(=O)(=O)N3CSC[C@H]3C(=O)O[C@@H](Cc3c(Cl)cncc3Cl)c3ccc(OC(F)F)c(OCC4CC4)c3)cc12. The third-order valence-electron chi connectivity index (χ3n) is 7.53. The summed E-state index contributed by atoms with van der Waals surface area (Å²) in [5.74, 6) is -0.533. The van der Waals surface area contributed by atoms with E-state index in [-0.39, 0.29) is 50.2 Å². The van der Waals surface area contributed by atoms with Gasteiger partial charge in [0, 0.05) is 24.6 Å². The first-order valence-corrected chi connectivity index (χ1v) is 17.4. The van der Waals surface area contributed by atoms with Gasteiger partial charge in [0.25, 0.3) is 5.71 Å². The van der Waals surface area contributed by atoms with Crippen molar-refractivity contribution in [2.45, 2.75) is 49.8 Å². The third kappa shape index (κ3) is 7.03. The minimum atomic E-state index is -4.20. The first-order chi connectivity index (χ1) is 22.0. The van der Waals surface area contributed by atoms with Gasteiger partial charge in [-0.1, -0.05) is 34.4 Å². The summed E-state index contributed by atoms with van der Waals surface area (Å²) in [6.07, 6.45) is 4.72. The molecule has 2 atom stereocenters. The molecule has 46 heavy (non-hydrogen) atoms. The standard InChI is InChI=1S/C29H26Cl2F2N4O7S2/c1-15-19-7-18(9-35-27(19)44-36-15)46(39,40)37-14-45-13-23(37)28(38)42-25(8-20-21(30)10-34-11-22(20)31)17-4-5-24(43-29(32)33)26(6-17)41-12-16-2-3-16/h4-7,9-11,16,23,25,29H,2-3,8,12-14H2,1H3/t23-,25-/m0/s1. The molecule has 0 amide bonds. The molecule has 1 aliphatic carbocycles. The van der Waals surface area contributed by atoms with E-state index in [9.17, 15) is 22.0 Å². The highest BCUT2D eigenvalue weighted by Crippen LogP contribution is 2.39. The molecule has 0 radical (unpaired) electrons. The zero-order valence-electron chi connectivity index (χ0n) is 24.1. The highest BCUT2D eigenvalue weighted by atomic mass is 35.5. The number of sulfonamides is 1. The lowest BCUT2D eigenvalue weighted by Crippen LogP contribution is -2.43. The van der Waals surface area contributed by atoms with Gasteiger partial charge in [-0.2, -0.15) is 13.1 Å². The average Bonchev–Trinajstić information content (AvgIpc) is 3.57. The fraction of sp³-hybridized carbons (Fsp3) is 0.379. The summed E-state index contributed by atoms with van der Waals surface area (Å²) >= 11 is 14.0. The summed E-state index contributed by atoms with van der Waals surface area (Å²) < 4.78 is 76.5. The number of nitrogens with zero attached hydrogens (tertiary/aromatic N) is 4. The number of fused-ring (bicyclic) bond motifs is 1. The van der Waals surface area contributed by atoms with E-state index in [0.29, 0.717) is 34.7 Å². The van der Waals surface area contributed by atoms with E-state index in [1.807, 2.05) is 0 Å². The second-order valence-electron chi connectivity index (χ2n) is 10.7. The normalized spacial score (nSPS) is 17.8. The van der Waals surface area contributed by atoms with Crippen LogP contribution >= 0.6 is 35.0 Å². The maximum Gasteiger partial charge on any atom is 0.387 e. The van der Waals surface area contributed by atoms with E-state index < -0.39 is 34.7 Å². The maximum atomic E-state index is 13.8.